The zero-order valence-electron chi connectivity index (χ0n) is 11.0. The molecule has 0 aromatic heterocycles. The third-order valence-electron chi connectivity index (χ3n) is 3.35. The number of ether oxygens (including phenoxy) is 1. The van der Waals surface area contributed by atoms with Crippen molar-refractivity contribution in [2.24, 2.45) is 0 Å². The van der Waals surface area contributed by atoms with Gasteiger partial charge in [0.25, 0.3) is 5.91 Å². The molecule has 0 spiro atoms. The number of amides is 1. The fraction of sp³-hybridized carbons (Fsp3) is 0.500. The van der Waals surface area contributed by atoms with E-state index in [1.54, 1.807) is 0 Å². The highest BCUT2D eigenvalue weighted by atomic mass is 16.5. The van der Waals surface area contributed by atoms with E-state index < -0.39 is 0 Å². The maximum atomic E-state index is 12.0. The molecule has 1 atom stereocenters. The van der Waals surface area contributed by atoms with Gasteiger partial charge in [-0.05, 0) is 32.6 Å². The molecule has 0 radical (unpaired) electrons. The Bertz CT molecular complexity index is 392. The second-order valence-electron chi connectivity index (χ2n) is 4.85. The summed E-state index contributed by atoms with van der Waals surface area (Å²) in [7, 11) is 4.11. The summed E-state index contributed by atoms with van der Waals surface area (Å²) in [6.07, 6.45) is 1.05. The van der Waals surface area contributed by atoms with Crippen molar-refractivity contribution < 1.29 is 9.53 Å². The van der Waals surface area contributed by atoms with Gasteiger partial charge in [-0.25, -0.2) is 0 Å². The van der Waals surface area contributed by atoms with Crippen LogP contribution in [0.2, 0.25) is 0 Å². The summed E-state index contributed by atoms with van der Waals surface area (Å²) >= 11 is 0. The zero-order valence-corrected chi connectivity index (χ0v) is 11.0. The minimum absolute atomic E-state index is 0.0724. The molecule has 18 heavy (non-hydrogen) atoms. The molecule has 1 aliphatic heterocycles. The molecule has 1 aromatic rings. The molecule has 0 saturated carbocycles. The van der Waals surface area contributed by atoms with Crippen molar-refractivity contribution in [3.05, 3.63) is 30.3 Å². The van der Waals surface area contributed by atoms with E-state index in [0.717, 1.165) is 25.3 Å². The molecule has 1 aromatic carbocycles. The van der Waals surface area contributed by atoms with Crippen LogP contribution in [-0.4, -0.2) is 55.5 Å². The number of carbonyl (C=O) groups is 1. The quantitative estimate of drug-likeness (QED) is 0.803. The van der Waals surface area contributed by atoms with E-state index in [1.165, 1.54) is 0 Å². The van der Waals surface area contributed by atoms with E-state index in [9.17, 15) is 4.79 Å². The number of rotatable bonds is 4. The summed E-state index contributed by atoms with van der Waals surface area (Å²) in [5.74, 6) is 0.817. The lowest BCUT2D eigenvalue weighted by Crippen LogP contribution is -2.36. The molecule has 1 fully saturated rings. The molecule has 98 valence electrons. The van der Waals surface area contributed by atoms with Gasteiger partial charge in [0.05, 0.1) is 0 Å². The molecular formula is C14H20N2O2. The topological polar surface area (TPSA) is 32.8 Å². The van der Waals surface area contributed by atoms with Gasteiger partial charge in [-0.15, -0.1) is 0 Å². The molecule has 1 saturated heterocycles. The van der Waals surface area contributed by atoms with Crippen LogP contribution in [0.1, 0.15) is 6.42 Å². The van der Waals surface area contributed by atoms with Crippen molar-refractivity contribution in [1.29, 1.82) is 0 Å². The molecule has 0 N–H and O–H groups in total. The zero-order chi connectivity index (χ0) is 13.0. The second-order valence-corrected chi connectivity index (χ2v) is 4.85. The van der Waals surface area contributed by atoms with Gasteiger partial charge in [-0.1, -0.05) is 18.2 Å². The summed E-state index contributed by atoms with van der Waals surface area (Å²) < 4.78 is 5.47. The van der Waals surface area contributed by atoms with E-state index in [0.29, 0.717) is 6.04 Å². The van der Waals surface area contributed by atoms with Crippen LogP contribution < -0.4 is 4.74 Å². The maximum Gasteiger partial charge on any atom is 0.260 e. The van der Waals surface area contributed by atoms with Crippen molar-refractivity contribution in [2.75, 3.05) is 33.8 Å². The summed E-state index contributed by atoms with van der Waals surface area (Å²) in [6.45, 7) is 1.77. The van der Waals surface area contributed by atoms with E-state index in [2.05, 4.69) is 19.0 Å². The first-order valence-corrected chi connectivity index (χ1v) is 6.29. The fourth-order valence-corrected chi connectivity index (χ4v) is 2.14. The first-order valence-electron chi connectivity index (χ1n) is 6.29. The Hall–Kier alpha value is -1.55. The van der Waals surface area contributed by atoms with Crippen LogP contribution in [-0.2, 0) is 4.79 Å². The van der Waals surface area contributed by atoms with Crippen molar-refractivity contribution >= 4 is 5.91 Å². The summed E-state index contributed by atoms with van der Waals surface area (Å²) in [4.78, 5) is 16.0. The number of para-hydroxylation sites is 1. The van der Waals surface area contributed by atoms with Crippen LogP contribution in [0.5, 0.6) is 5.75 Å². The van der Waals surface area contributed by atoms with Crippen LogP contribution in [0.15, 0.2) is 30.3 Å². The Balaban J connectivity index is 1.79. The van der Waals surface area contributed by atoms with Crippen molar-refractivity contribution in [1.82, 2.24) is 9.80 Å². The predicted molar refractivity (Wildman–Crippen MR) is 70.6 cm³/mol. The Morgan fingerprint density at radius 3 is 2.72 bits per heavy atom. The van der Waals surface area contributed by atoms with Gasteiger partial charge in [-0.3, -0.25) is 4.79 Å². The largest absolute Gasteiger partial charge is 0.484 e. The van der Waals surface area contributed by atoms with Crippen LogP contribution >= 0.6 is 0 Å². The average molecular weight is 248 g/mol. The Morgan fingerprint density at radius 1 is 1.39 bits per heavy atom. The van der Waals surface area contributed by atoms with Crippen molar-refractivity contribution in [3.63, 3.8) is 0 Å². The van der Waals surface area contributed by atoms with Gasteiger partial charge in [0.2, 0.25) is 0 Å². The van der Waals surface area contributed by atoms with Gasteiger partial charge in [0.15, 0.2) is 6.61 Å². The summed E-state index contributed by atoms with van der Waals surface area (Å²) in [5, 5.41) is 0. The van der Waals surface area contributed by atoms with Gasteiger partial charge in [-0.2, -0.15) is 0 Å². The van der Waals surface area contributed by atoms with Gasteiger partial charge in [0.1, 0.15) is 5.75 Å². The van der Waals surface area contributed by atoms with Crippen LogP contribution in [0.3, 0.4) is 0 Å². The Kier molecular flexibility index (Phi) is 4.20. The second kappa shape index (κ2) is 5.87. The van der Waals surface area contributed by atoms with Crippen molar-refractivity contribution in [2.45, 2.75) is 12.5 Å². The number of hydrogen-bond donors (Lipinski definition) is 0. The number of likely N-dealkylation sites (N-methyl/N-ethyl adjacent to an activating group) is 1. The smallest absolute Gasteiger partial charge is 0.260 e. The average Bonchev–Trinajstić information content (AvgIpc) is 2.87. The lowest BCUT2D eigenvalue weighted by molar-refractivity contribution is -0.132. The minimum atomic E-state index is 0.0724. The van der Waals surface area contributed by atoms with Crippen molar-refractivity contribution in [3.8, 4) is 5.75 Å². The Labute approximate surface area is 108 Å². The number of nitrogens with zero attached hydrogens (tertiary/aromatic N) is 2. The van der Waals surface area contributed by atoms with Crippen LogP contribution in [0.4, 0.5) is 0 Å². The number of likely N-dealkylation sites (tertiary alicyclic amines) is 1. The van der Waals surface area contributed by atoms with E-state index in [1.807, 2.05) is 35.2 Å². The van der Waals surface area contributed by atoms with Gasteiger partial charge >= 0.3 is 0 Å². The minimum Gasteiger partial charge on any atom is -0.484 e. The highest BCUT2D eigenvalue weighted by Gasteiger charge is 2.27. The molecule has 2 rings (SSSR count). The lowest BCUT2D eigenvalue weighted by atomic mass is 10.2. The Morgan fingerprint density at radius 2 is 2.11 bits per heavy atom. The number of benzene rings is 1. The van der Waals surface area contributed by atoms with Crippen LogP contribution in [0, 0.1) is 0 Å². The monoisotopic (exact) mass is 248 g/mol. The maximum absolute atomic E-state index is 12.0. The predicted octanol–water partition coefficient (Wildman–Crippen LogP) is 1.23. The highest BCUT2D eigenvalue weighted by Crippen LogP contribution is 2.14. The first kappa shape index (κ1) is 12.9. The molecule has 1 aliphatic rings. The standard InChI is InChI=1S/C14H20N2O2/c1-15(2)12-8-9-16(10-12)14(17)11-18-13-6-4-3-5-7-13/h3-7,12H,8-11H2,1-2H3. The van der Waals surface area contributed by atoms with Gasteiger partial charge < -0.3 is 14.5 Å². The molecule has 4 heteroatoms. The van der Waals surface area contributed by atoms with E-state index >= 15 is 0 Å². The summed E-state index contributed by atoms with van der Waals surface area (Å²) in [5.41, 5.74) is 0. The molecule has 0 bridgehead atoms. The highest BCUT2D eigenvalue weighted by molar-refractivity contribution is 5.78. The molecule has 1 unspecified atom stereocenters. The molecule has 1 amide bonds. The normalized spacial score (nSPS) is 19.3. The molecule has 0 aliphatic carbocycles. The number of carbonyl (C=O) groups excluding carboxylic acids is 1. The number of hydrogen-bond acceptors (Lipinski definition) is 3. The third-order valence-corrected chi connectivity index (χ3v) is 3.35. The third kappa shape index (κ3) is 3.23. The molecule has 4 nitrogen and oxygen atoms in total. The fourth-order valence-electron chi connectivity index (χ4n) is 2.14. The first-order chi connectivity index (χ1) is 8.66. The lowest BCUT2D eigenvalue weighted by Gasteiger charge is -2.20. The van der Waals surface area contributed by atoms with E-state index in [-0.39, 0.29) is 12.5 Å². The molecular weight excluding hydrogens is 228 g/mol. The SMILES string of the molecule is CN(C)C1CCN(C(=O)COc2ccccc2)C1. The summed E-state index contributed by atoms with van der Waals surface area (Å²) in [6, 6.07) is 9.93. The van der Waals surface area contributed by atoms with Gasteiger partial charge in [0, 0.05) is 19.1 Å². The van der Waals surface area contributed by atoms with E-state index in [4.69, 9.17) is 4.74 Å². The molecule has 1 heterocycles. The van der Waals surface area contributed by atoms with Crippen LogP contribution in [0.25, 0.3) is 0 Å².